The molecule has 22 heavy (non-hydrogen) atoms. The van der Waals surface area contributed by atoms with E-state index in [1.165, 1.54) is 25.9 Å². The van der Waals surface area contributed by atoms with Crippen LogP contribution in [0.2, 0.25) is 0 Å². The third-order valence-electron chi connectivity index (χ3n) is 3.93. The number of benzene rings is 1. The maximum atomic E-state index is 5.30. The van der Waals surface area contributed by atoms with Crippen LogP contribution in [-0.4, -0.2) is 47.2 Å². The number of ether oxygens (including phenoxy) is 2. The van der Waals surface area contributed by atoms with Crippen LogP contribution in [0.3, 0.4) is 0 Å². The molecule has 0 bridgehead atoms. The minimum absolute atomic E-state index is 0.653. The normalized spacial score (nSPS) is 15.2. The van der Waals surface area contributed by atoms with Gasteiger partial charge in [-0.1, -0.05) is 5.21 Å². The van der Waals surface area contributed by atoms with Gasteiger partial charge in [-0.15, -0.1) is 5.10 Å². The Bertz CT molecular complexity index is 598. The number of likely N-dealkylation sites (tertiary alicyclic amines) is 1. The van der Waals surface area contributed by atoms with Gasteiger partial charge in [-0.2, -0.15) is 0 Å². The summed E-state index contributed by atoms with van der Waals surface area (Å²) >= 11 is 0. The lowest BCUT2D eigenvalue weighted by Crippen LogP contribution is -2.18. The van der Waals surface area contributed by atoms with E-state index < -0.39 is 0 Å². The number of hydrogen-bond donors (Lipinski definition) is 0. The summed E-state index contributed by atoms with van der Waals surface area (Å²) in [5.41, 5.74) is 2.10. The molecule has 1 aromatic heterocycles. The highest BCUT2D eigenvalue weighted by atomic mass is 16.5. The molecule has 0 unspecified atom stereocenters. The fraction of sp³-hybridized carbons (Fsp3) is 0.500. The third-order valence-corrected chi connectivity index (χ3v) is 3.93. The molecule has 2 heterocycles. The van der Waals surface area contributed by atoms with E-state index in [-0.39, 0.29) is 0 Å². The quantitative estimate of drug-likeness (QED) is 0.816. The van der Waals surface area contributed by atoms with Crippen molar-refractivity contribution in [1.82, 2.24) is 19.9 Å². The number of nitrogens with zero attached hydrogens (tertiary/aromatic N) is 4. The van der Waals surface area contributed by atoms with E-state index in [1.54, 1.807) is 14.2 Å². The molecule has 1 aliphatic heterocycles. The van der Waals surface area contributed by atoms with Crippen LogP contribution in [-0.2, 0) is 13.1 Å². The Balaban J connectivity index is 1.69. The van der Waals surface area contributed by atoms with Gasteiger partial charge in [0.2, 0.25) is 0 Å². The highest BCUT2D eigenvalue weighted by Crippen LogP contribution is 2.23. The van der Waals surface area contributed by atoms with Crippen molar-refractivity contribution in [3.63, 3.8) is 0 Å². The Kier molecular flexibility index (Phi) is 4.58. The smallest absolute Gasteiger partial charge is 0.122 e. The van der Waals surface area contributed by atoms with Crippen molar-refractivity contribution in [2.75, 3.05) is 27.3 Å². The lowest BCUT2D eigenvalue weighted by Gasteiger charge is -2.11. The standard InChI is InChI=1S/C16H22N4O2/c1-21-15-7-13(8-16(9-15)22-2)10-20-12-14(17-18-20)11-19-5-3-4-6-19/h7-9,12H,3-6,10-11H2,1-2H3. The Morgan fingerprint density at radius 3 is 2.32 bits per heavy atom. The SMILES string of the molecule is COc1cc(Cn2cc(CN3CCCC3)nn2)cc(OC)c1. The molecule has 1 aliphatic rings. The zero-order chi connectivity index (χ0) is 15.4. The third kappa shape index (κ3) is 3.57. The van der Waals surface area contributed by atoms with E-state index in [2.05, 4.69) is 15.2 Å². The Morgan fingerprint density at radius 2 is 1.68 bits per heavy atom. The zero-order valence-electron chi connectivity index (χ0n) is 13.2. The molecular weight excluding hydrogens is 280 g/mol. The van der Waals surface area contributed by atoms with Crippen molar-refractivity contribution in [2.45, 2.75) is 25.9 Å². The van der Waals surface area contributed by atoms with Gasteiger partial charge in [0.05, 0.1) is 32.7 Å². The van der Waals surface area contributed by atoms with Gasteiger partial charge in [-0.05, 0) is 43.6 Å². The van der Waals surface area contributed by atoms with Gasteiger partial charge in [0.15, 0.2) is 0 Å². The lowest BCUT2D eigenvalue weighted by molar-refractivity contribution is 0.327. The van der Waals surface area contributed by atoms with Crippen LogP contribution in [0.4, 0.5) is 0 Å². The second-order valence-electron chi connectivity index (χ2n) is 5.61. The van der Waals surface area contributed by atoms with E-state index in [0.29, 0.717) is 6.54 Å². The molecule has 6 nitrogen and oxygen atoms in total. The zero-order valence-corrected chi connectivity index (χ0v) is 13.2. The van der Waals surface area contributed by atoms with Crippen molar-refractivity contribution in [1.29, 1.82) is 0 Å². The van der Waals surface area contributed by atoms with Crippen LogP contribution in [0.15, 0.2) is 24.4 Å². The molecule has 3 rings (SSSR count). The first kappa shape index (κ1) is 14.8. The van der Waals surface area contributed by atoms with Crippen LogP contribution < -0.4 is 9.47 Å². The van der Waals surface area contributed by atoms with Gasteiger partial charge in [-0.25, -0.2) is 4.68 Å². The molecule has 118 valence electrons. The Hall–Kier alpha value is -2.08. The molecule has 0 saturated carbocycles. The Morgan fingerprint density at radius 1 is 1.00 bits per heavy atom. The summed E-state index contributed by atoms with van der Waals surface area (Å²) in [4.78, 5) is 2.42. The maximum absolute atomic E-state index is 5.30. The predicted molar refractivity (Wildman–Crippen MR) is 83.2 cm³/mol. The summed E-state index contributed by atoms with van der Waals surface area (Å²) in [7, 11) is 3.31. The molecule has 0 N–H and O–H groups in total. The monoisotopic (exact) mass is 302 g/mol. The summed E-state index contributed by atoms with van der Waals surface area (Å²) in [5.74, 6) is 1.57. The number of rotatable bonds is 6. The van der Waals surface area contributed by atoms with Gasteiger partial charge in [0.25, 0.3) is 0 Å². The fourth-order valence-electron chi connectivity index (χ4n) is 2.80. The highest BCUT2D eigenvalue weighted by molar-refractivity contribution is 5.38. The van der Waals surface area contributed by atoms with Crippen LogP contribution in [0.1, 0.15) is 24.1 Å². The second-order valence-corrected chi connectivity index (χ2v) is 5.61. The molecular formula is C16H22N4O2. The van der Waals surface area contributed by atoms with Crippen molar-refractivity contribution >= 4 is 0 Å². The van der Waals surface area contributed by atoms with Crippen LogP contribution in [0.25, 0.3) is 0 Å². The largest absolute Gasteiger partial charge is 0.497 e. The van der Waals surface area contributed by atoms with Crippen LogP contribution >= 0.6 is 0 Å². The van der Waals surface area contributed by atoms with E-state index in [0.717, 1.165) is 29.3 Å². The molecule has 6 heteroatoms. The molecule has 0 atom stereocenters. The first-order valence-corrected chi connectivity index (χ1v) is 7.60. The summed E-state index contributed by atoms with van der Waals surface area (Å²) in [6.45, 7) is 3.88. The van der Waals surface area contributed by atoms with Crippen LogP contribution in [0.5, 0.6) is 11.5 Å². The molecule has 0 spiro atoms. The molecule has 1 aromatic carbocycles. The molecule has 1 fully saturated rings. The van der Waals surface area contributed by atoms with Crippen molar-refractivity contribution in [3.05, 3.63) is 35.7 Å². The summed E-state index contributed by atoms with van der Waals surface area (Å²) in [5, 5.41) is 8.49. The van der Waals surface area contributed by atoms with E-state index in [4.69, 9.17) is 9.47 Å². The number of hydrogen-bond acceptors (Lipinski definition) is 5. The molecule has 1 saturated heterocycles. The first-order chi connectivity index (χ1) is 10.8. The number of aromatic nitrogens is 3. The van der Waals surface area contributed by atoms with Crippen molar-refractivity contribution < 1.29 is 9.47 Å². The van der Waals surface area contributed by atoms with E-state index in [9.17, 15) is 0 Å². The summed E-state index contributed by atoms with van der Waals surface area (Å²) < 4.78 is 12.5. The molecule has 0 aliphatic carbocycles. The summed E-state index contributed by atoms with van der Waals surface area (Å²) in [6, 6.07) is 5.85. The molecule has 2 aromatic rings. The topological polar surface area (TPSA) is 52.4 Å². The van der Waals surface area contributed by atoms with Gasteiger partial charge in [0, 0.05) is 12.6 Å². The minimum Gasteiger partial charge on any atom is -0.497 e. The van der Waals surface area contributed by atoms with E-state index in [1.807, 2.05) is 29.1 Å². The molecule has 0 amide bonds. The van der Waals surface area contributed by atoms with Crippen molar-refractivity contribution in [2.24, 2.45) is 0 Å². The van der Waals surface area contributed by atoms with E-state index >= 15 is 0 Å². The van der Waals surface area contributed by atoms with Crippen LogP contribution in [0, 0.1) is 0 Å². The summed E-state index contributed by atoms with van der Waals surface area (Å²) in [6.07, 6.45) is 4.60. The first-order valence-electron chi connectivity index (χ1n) is 7.60. The Labute approximate surface area is 130 Å². The van der Waals surface area contributed by atoms with Gasteiger partial charge < -0.3 is 9.47 Å². The minimum atomic E-state index is 0.653. The molecule has 0 radical (unpaired) electrons. The maximum Gasteiger partial charge on any atom is 0.122 e. The van der Waals surface area contributed by atoms with Gasteiger partial charge in [0.1, 0.15) is 11.5 Å². The van der Waals surface area contributed by atoms with Gasteiger partial charge in [-0.3, -0.25) is 4.90 Å². The second kappa shape index (κ2) is 6.79. The lowest BCUT2D eigenvalue weighted by atomic mass is 10.2. The average Bonchev–Trinajstić information content (AvgIpc) is 3.19. The van der Waals surface area contributed by atoms with Crippen molar-refractivity contribution in [3.8, 4) is 11.5 Å². The predicted octanol–water partition coefficient (Wildman–Crippen LogP) is 1.94. The average molecular weight is 302 g/mol. The number of methoxy groups -OCH3 is 2. The van der Waals surface area contributed by atoms with Gasteiger partial charge >= 0.3 is 0 Å². The fourth-order valence-corrected chi connectivity index (χ4v) is 2.80. The highest BCUT2D eigenvalue weighted by Gasteiger charge is 2.13.